The summed E-state index contributed by atoms with van der Waals surface area (Å²) in [5, 5.41) is 198. The van der Waals surface area contributed by atoms with Crippen molar-refractivity contribution in [3.8, 4) is 0 Å². The molecule has 20 N–H and O–H groups in total. The predicted molar refractivity (Wildman–Crippen MR) is 411 cm³/mol. The van der Waals surface area contributed by atoms with Gasteiger partial charge in [0.2, 0.25) is 17.7 Å². The summed E-state index contributed by atoms with van der Waals surface area (Å²) < 4.78 is 70.6. The topological polar surface area (TPSA) is 542 Å². The van der Waals surface area contributed by atoms with Crippen LogP contribution in [0.4, 0.5) is 0 Å². The maximum Gasteiger partial charge on any atom is 0.220 e. The Kier molecular flexibility index (Phi) is 47.8. The minimum Gasteiger partial charge on any atom is -0.394 e. The smallest absolute Gasteiger partial charge is 0.220 e. The van der Waals surface area contributed by atoms with Gasteiger partial charge in [0.25, 0.3) is 0 Å². The highest BCUT2D eigenvalue weighted by Gasteiger charge is 2.58. The lowest BCUT2D eigenvalue weighted by molar-refractivity contribution is -0.387. The molecule has 6 aliphatic rings. The number of aliphatic hydroxyl groups excluding tert-OH is 17. The van der Waals surface area contributed by atoms with E-state index in [-0.39, 0.29) is 12.3 Å². The Morgan fingerprint density at radius 3 is 1.26 bits per heavy atom. The highest BCUT2D eigenvalue weighted by atomic mass is 16.8. The zero-order valence-corrected chi connectivity index (χ0v) is 68.2. The van der Waals surface area contributed by atoms with Gasteiger partial charge in [-0.25, -0.2) is 0 Å². The molecule has 0 aliphatic carbocycles. The molecule has 3 amide bonds. The van der Waals surface area contributed by atoms with Crippen LogP contribution >= 0.6 is 0 Å². The van der Waals surface area contributed by atoms with Gasteiger partial charge in [-0.1, -0.05) is 206 Å². The normalized spacial score (nSPS) is 36.5. The van der Waals surface area contributed by atoms with E-state index in [1.54, 1.807) is 6.08 Å². The lowest BCUT2D eigenvalue weighted by Gasteiger charge is -2.50. The van der Waals surface area contributed by atoms with Crippen LogP contribution < -0.4 is 16.0 Å². The summed E-state index contributed by atoms with van der Waals surface area (Å²) in [6.07, 6.45) is -13.0. The molecule has 6 aliphatic heterocycles. The molecular weight excluding hydrogens is 1510 g/mol. The van der Waals surface area contributed by atoms with E-state index in [0.717, 1.165) is 65.2 Å². The average molecular weight is 1660 g/mol. The largest absolute Gasteiger partial charge is 0.394 e. The van der Waals surface area contributed by atoms with E-state index in [2.05, 4.69) is 29.8 Å². The van der Waals surface area contributed by atoms with E-state index in [1.807, 2.05) is 6.08 Å². The van der Waals surface area contributed by atoms with Gasteiger partial charge in [-0.3, -0.25) is 14.4 Å². The number of ether oxygens (including phenoxy) is 12. The fourth-order valence-corrected chi connectivity index (χ4v) is 15.7. The van der Waals surface area contributed by atoms with Gasteiger partial charge in [-0.2, -0.15) is 0 Å². The summed E-state index contributed by atoms with van der Waals surface area (Å²) in [6, 6.07) is -4.39. The quantitative estimate of drug-likeness (QED) is 0.0285. The fourth-order valence-electron chi connectivity index (χ4n) is 15.7. The van der Waals surface area contributed by atoms with Gasteiger partial charge in [0.05, 0.1) is 57.9 Å². The SMILES string of the molecule is CCCCCCCCCCCCC/C=C/[C@@H](O)[C@H](CO[C@@H]1OC(CO)[C@@H](O[C@@H]2OC(CO)[C@H](O[C@@H]3OC(CO)[C@H](O)[C@H](O[C@@H]4OC(CO[C@@H]5OC(CO)[C@@H](O)[C@H](O[C@H]6C(O)[C@H](O)C(C)O[C@H]6O)C5NC(C)=O)[C@H](O)[C@H](O)C4NC(C)=O)C3O)[C@H](O)C2O)[C@H](O)C1O)NC(=O)CCCCCCCCCCCCCCCCCCCCC. The maximum absolute atomic E-state index is 13.5. The molecule has 0 aromatic rings. The summed E-state index contributed by atoms with van der Waals surface area (Å²) in [5.41, 5.74) is 0. The van der Waals surface area contributed by atoms with E-state index in [0.29, 0.717) is 12.8 Å². The Morgan fingerprint density at radius 2 is 0.774 bits per heavy atom. The van der Waals surface area contributed by atoms with Gasteiger partial charge in [0, 0.05) is 20.3 Å². The third-order valence-corrected chi connectivity index (χ3v) is 22.7. The monoisotopic (exact) mass is 1660 g/mol. The Hall–Kier alpha value is -3.01. The standard InChI is InChI=1S/C80H145N3O32/c1-6-8-10-12-14-16-18-20-21-22-23-24-25-27-29-31-33-35-37-39-56(91)83-49(50(90)38-36-34-32-30-28-26-19-17-15-13-11-9-7-2)44-104-78-67(100)65(98)70(53(42-86)109-78)113-79-68(101)66(99)71(54(43-87)110-79)114-80-69(102)73(62(95)52(41-85)108-80)115-77-57(81-47(4)88)63(96)60(93)55(111-77)45-105-76-58(82-48(5)89)72(61(94)51(40-84)107-76)112-74-64(97)59(92)46(3)106-75(74)103/h36,38,46,49-55,57-80,84-87,90,92-103H,6-35,37,39-45H2,1-5H3,(H,81,88)(H,82,89)(H,83,91)/b38-36+/t46?,49-,50+,51?,52?,53?,54?,55?,57?,58?,59+,60-,61+,62-,63+,64?,65+,66+,67?,68?,69?,70+,71-,72+,73-,74-,75+,76+,77-,78+,79-,80-/m0/s1. The van der Waals surface area contributed by atoms with Crippen LogP contribution in [0.1, 0.15) is 240 Å². The van der Waals surface area contributed by atoms with Crippen molar-refractivity contribution in [1.82, 2.24) is 16.0 Å². The number of hydrogen-bond acceptors (Lipinski definition) is 32. The van der Waals surface area contributed by atoms with Gasteiger partial charge < -0.3 is 160 Å². The molecule has 6 rings (SSSR count). The number of unbranched alkanes of at least 4 members (excludes halogenated alkanes) is 29. The lowest BCUT2D eigenvalue weighted by Crippen LogP contribution is -2.69. The van der Waals surface area contributed by atoms with E-state index < -0.39 is 248 Å². The summed E-state index contributed by atoms with van der Waals surface area (Å²) in [4.78, 5) is 38.9. The number of aliphatic hydroxyl groups is 17. The van der Waals surface area contributed by atoms with Crippen LogP contribution in [0.15, 0.2) is 12.2 Å². The Balaban J connectivity index is 1.05. The van der Waals surface area contributed by atoms with Gasteiger partial charge in [-0.05, 0) is 26.2 Å². The molecule has 35 heteroatoms. The van der Waals surface area contributed by atoms with Gasteiger partial charge in [-0.15, -0.1) is 0 Å². The van der Waals surface area contributed by atoms with Crippen LogP contribution in [-0.4, -0.2) is 340 Å². The molecule has 6 heterocycles. The first-order chi connectivity index (χ1) is 55.2. The Labute approximate surface area is 677 Å². The number of rotatable bonds is 55. The first-order valence-electron chi connectivity index (χ1n) is 42.8. The van der Waals surface area contributed by atoms with E-state index >= 15 is 0 Å². The second kappa shape index (κ2) is 54.5. The molecule has 0 radical (unpaired) electrons. The van der Waals surface area contributed by atoms with Crippen molar-refractivity contribution in [3.05, 3.63) is 12.2 Å². The zero-order valence-electron chi connectivity index (χ0n) is 68.2. The van der Waals surface area contributed by atoms with Crippen molar-refractivity contribution in [2.45, 2.75) is 436 Å². The highest BCUT2D eigenvalue weighted by molar-refractivity contribution is 5.76. The third-order valence-electron chi connectivity index (χ3n) is 22.7. The van der Waals surface area contributed by atoms with Crippen molar-refractivity contribution in [3.63, 3.8) is 0 Å². The van der Waals surface area contributed by atoms with Gasteiger partial charge >= 0.3 is 0 Å². The maximum atomic E-state index is 13.5. The Bertz CT molecular complexity index is 2650. The van der Waals surface area contributed by atoms with Crippen LogP contribution in [0.25, 0.3) is 0 Å². The highest BCUT2D eigenvalue weighted by Crippen LogP contribution is 2.37. The lowest BCUT2D eigenvalue weighted by atomic mass is 9.94. The molecule has 32 atom stereocenters. The van der Waals surface area contributed by atoms with E-state index in [9.17, 15) is 101 Å². The van der Waals surface area contributed by atoms with Crippen LogP contribution in [-0.2, 0) is 71.2 Å². The van der Waals surface area contributed by atoms with Crippen molar-refractivity contribution in [1.29, 1.82) is 0 Å². The number of carbonyl (C=O) groups excluding carboxylic acids is 3. The van der Waals surface area contributed by atoms with Crippen LogP contribution in [0, 0.1) is 0 Å². The average Bonchev–Trinajstić information content (AvgIpc) is 0.789. The van der Waals surface area contributed by atoms with Gasteiger partial charge in [0.15, 0.2) is 37.7 Å². The number of allylic oxidation sites excluding steroid dienone is 1. The van der Waals surface area contributed by atoms with Crippen LogP contribution in [0.5, 0.6) is 0 Å². The Morgan fingerprint density at radius 1 is 0.374 bits per heavy atom. The predicted octanol–water partition coefficient (Wildman–Crippen LogP) is 0.164. The second-order valence-corrected chi connectivity index (χ2v) is 32.1. The molecule has 35 nitrogen and oxygen atoms in total. The summed E-state index contributed by atoms with van der Waals surface area (Å²) in [6.45, 7) is 2.74. The minimum absolute atomic E-state index is 0.186. The molecule has 0 bridgehead atoms. The van der Waals surface area contributed by atoms with Crippen LogP contribution in [0.2, 0.25) is 0 Å². The van der Waals surface area contributed by atoms with Crippen LogP contribution in [0.3, 0.4) is 0 Å². The third kappa shape index (κ3) is 32.0. The first-order valence-corrected chi connectivity index (χ1v) is 42.8. The molecule has 6 fully saturated rings. The molecule has 115 heavy (non-hydrogen) atoms. The summed E-state index contributed by atoms with van der Waals surface area (Å²) in [5.74, 6) is -1.92. The molecule has 6 saturated heterocycles. The fraction of sp³-hybridized carbons (Fsp3) is 0.938. The summed E-state index contributed by atoms with van der Waals surface area (Å²) in [7, 11) is 0. The van der Waals surface area contributed by atoms with E-state index in [1.165, 1.54) is 142 Å². The number of amides is 3. The number of carbonyl (C=O) groups is 3. The minimum atomic E-state index is -2.24. The van der Waals surface area contributed by atoms with E-state index in [4.69, 9.17) is 56.8 Å². The molecular formula is C80H145N3O32. The van der Waals surface area contributed by atoms with Crippen molar-refractivity contribution in [2.24, 2.45) is 0 Å². The molecule has 0 aromatic carbocycles. The van der Waals surface area contributed by atoms with Crippen molar-refractivity contribution >= 4 is 17.7 Å². The number of hydrogen-bond donors (Lipinski definition) is 20. The molecule has 0 saturated carbocycles. The molecule has 0 spiro atoms. The molecule has 0 aromatic heterocycles. The van der Waals surface area contributed by atoms with Crippen molar-refractivity contribution < 1.29 is 158 Å². The molecule has 12 unspecified atom stereocenters. The van der Waals surface area contributed by atoms with Crippen molar-refractivity contribution in [2.75, 3.05) is 39.6 Å². The molecule has 672 valence electrons. The zero-order chi connectivity index (χ0) is 84.1. The second-order valence-electron chi connectivity index (χ2n) is 32.1. The number of nitrogens with one attached hydrogen (secondary N) is 3. The van der Waals surface area contributed by atoms with Gasteiger partial charge in [0.1, 0.15) is 140 Å². The first kappa shape index (κ1) is 101. The summed E-state index contributed by atoms with van der Waals surface area (Å²) >= 11 is 0.